The van der Waals surface area contributed by atoms with Gasteiger partial charge in [0.25, 0.3) is 5.91 Å². The SMILES string of the molecule is CCCNC(=O)[C@H]1CN(CC(=O)Nc2cccc(C)c2)c2ccccc2O1. The standard InChI is InChI=1S/C21H25N3O3/c1-3-11-22-21(26)19-13-24(17-9-4-5-10-18(17)27-19)14-20(25)23-16-8-6-7-15(2)12-16/h4-10,12,19H,3,11,13-14H2,1-2H3,(H,22,26)(H,23,25)/t19-/m1/s1. The molecule has 0 unspecified atom stereocenters. The minimum Gasteiger partial charge on any atom is -0.477 e. The highest BCUT2D eigenvalue weighted by atomic mass is 16.5. The highest BCUT2D eigenvalue weighted by Crippen LogP contribution is 2.33. The van der Waals surface area contributed by atoms with Gasteiger partial charge < -0.3 is 20.3 Å². The first-order chi connectivity index (χ1) is 13.1. The molecule has 6 heteroatoms. The van der Waals surface area contributed by atoms with Crippen LogP contribution in [-0.2, 0) is 9.59 Å². The van der Waals surface area contributed by atoms with E-state index < -0.39 is 6.10 Å². The molecule has 27 heavy (non-hydrogen) atoms. The zero-order chi connectivity index (χ0) is 19.2. The number of fused-ring (bicyclic) bond motifs is 1. The Labute approximate surface area is 159 Å². The van der Waals surface area contributed by atoms with E-state index in [2.05, 4.69) is 10.6 Å². The van der Waals surface area contributed by atoms with E-state index in [1.54, 1.807) is 0 Å². The topological polar surface area (TPSA) is 70.7 Å². The van der Waals surface area contributed by atoms with Gasteiger partial charge in [-0.15, -0.1) is 0 Å². The van der Waals surface area contributed by atoms with Crippen molar-refractivity contribution in [1.82, 2.24) is 5.32 Å². The number of hydrogen-bond acceptors (Lipinski definition) is 4. The van der Waals surface area contributed by atoms with Crippen LogP contribution in [0.2, 0.25) is 0 Å². The number of carbonyl (C=O) groups is 2. The quantitative estimate of drug-likeness (QED) is 0.824. The number of para-hydroxylation sites is 2. The van der Waals surface area contributed by atoms with Crippen LogP contribution < -0.4 is 20.3 Å². The first-order valence-electron chi connectivity index (χ1n) is 9.21. The van der Waals surface area contributed by atoms with Gasteiger partial charge in [-0.2, -0.15) is 0 Å². The molecule has 0 aromatic heterocycles. The lowest BCUT2D eigenvalue weighted by Gasteiger charge is -2.35. The van der Waals surface area contributed by atoms with Crippen LogP contribution in [0, 0.1) is 6.92 Å². The second kappa shape index (κ2) is 8.58. The summed E-state index contributed by atoms with van der Waals surface area (Å²) in [4.78, 5) is 26.8. The van der Waals surface area contributed by atoms with E-state index in [4.69, 9.17) is 4.74 Å². The minimum atomic E-state index is -0.641. The summed E-state index contributed by atoms with van der Waals surface area (Å²) in [5.74, 6) is 0.323. The van der Waals surface area contributed by atoms with Crippen LogP contribution in [-0.4, -0.2) is 37.6 Å². The fourth-order valence-electron chi connectivity index (χ4n) is 3.05. The van der Waals surface area contributed by atoms with Crippen molar-refractivity contribution in [2.75, 3.05) is 29.9 Å². The van der Waals surface area contributed by atoms with E-state index in [-0.39, 0.29) is 18.4 Å². The van der Waals surface area contributed by atoms with Gasteiger partial charge in [0, 0.05) is 12.2 Å². The van der Waals surface area contributed by atoms with Crippen molar-refractivity contribution in [1.29, 1.82) is 0 Å². The fourth-order valence-corrected chi connectivity index (χ4v) is 3.05. The molecule has 0 spiro atoms. The number of carbonyl (C=O) groups excluding carboxylic acids is 2. The first kappa shape index (κ1) is 18.8. The van der Waals surface area contributed by atoms with Gasteiger partial charge in [0.2, 0.25) is 5.91 Å². The molecule has 1 aliphatic rings. The van der Waals surface area contributed by atoms with Crippen molar-refractivity contribution >= 4 is 23.2 Å². The summed E-state index contributed by atoms with van der Waals surface area (Å²) < 4.78 is 5.85. The molecule has 3 rings (SSSR count). The Kier molecular flexibility index (Phi) is 5.96. The largest absolute Gasteiger partial charge is 0.477 e. The minimum absolute atomic E-state index is 0.134. The van der Waals surface area contributed by atoms with E-state index in [1.165, 1.54) is 0 Å². The van der Waals surface area contributed by atoms with Crippen LogP contribution >= 0.6 is 0 Å². The number of nitrogens with one attached hydrogen (secondary N) is 2. The molecule has 0 saturated heterocycles. The molecule has 2 aromatic rings. The number of aryl methyl sites for hydroxylation is 1. The van der Waals surface area contributed by atoms with Crippen LogP contribution in [0.25, 0.3) is 0 Å². The third-order valence-electron chi connectivity index (χ3n) is 4.34. The summed E-state index contributed by atoms with van der Waals surface area (Å²) in [6, 6.07) is 15.1. The predicted octanol–water partition coefficient (Wildman–Crippen LogP) is 2.73. The van der Waals surface area contributed by atoms with E-state index in [0.717, 1.165) is 23.4 Å². The normalized spacial score (nSPS) is 15.5. The van der Waals surface area contributed by atoms with Crippen molar-refractivity contribution in [3.8, 4) is 5.75 Å². The van der Waals surface area contributed by atoms with Crippen LogP contribution in [0.1, 0.15) is 18.9 Å². The zero-order valence-electron chi connectivity index (χ0n) is 15.7. The zero-order valence-corrected chi connectivity index (χ0v) is 15.7. The number of nitrogens with zero attached hydrogens (tertiary/aromatic N) is 1. The molecule has 0 fully saturated rings. The van der Waals surface area contributed by atoms with Gasteiger partial charge in [-0.05, 0) is 43.2 Å². The van der Waals surface area contributed by atoms with Crippen molar-refractivity contribution in [3.05, 3.63) is 54.1 Å². The number of amides is 2. The molecule has 0 radical (unpaired) electrons. The number of ether oxygens (including phenoxy) is 1. The Balaban J connectivity index is 1.72. The van der Waals surface area contributed by atoms with Gasteiger partial charge in [-0.1, -0.05) is 31.2 Å². The van der Waals surface area contributed by atoms with E-state index in [9.17, 15) is 9.59 Å². The molecule has 0 bridgehead atoms. The summed E-state index contributed by atoms with van der Waals surface area (Å²) in [6.07, 6.45) is 0.218. The third-order valence-corrected chi connectivity index (χ3v) is 4.34. The van der Waals surface area contributed by atoms with Crippen molar-refractivity contribution in [2.24, 2.45) is 0 Å². The molecule has 1 heterocycles. The lowest BCUT2D eigenvalue weighted by atomic mass is 10.1. The van der Waals surface area contributed by atoms with Gasteiger partial charge in [0.1, 0.15) is 5.75 Å². The Morgan fingerprint density at radius 1 is 1.19 bits per heavy atom. The molecule has 1 atom stereocenters. The molecular formula is C21H25N3O3. The maximum atomic E-state index is 12.6. The number of rotatable bonds is 6. The Bertz CT molecular complexity index is 822. The third kappa shape index (κ3) is 4.78. The highest BCUT2D eigenvalue weighted by molar-refractivity contribution is 5.95. The van der Waals surface area contributed by atoms with Gasteiger partial charge in [0.05, 0.1) is 18.8 Å². The van der Waals surface area contributed by atoms with E-state index in [0.29, 0.717) is 18.8 Å². The Morgan fingerprint density at radius 3 is 2.78 bits per heavy atom. The second-order valence-corrected chi connectivity index (χ2v) is 6.66. The molecule has 0 saturated carbocycles. The summed E-state index contributed by atoms with van der Waals surface area (Å²) in [5, 5.41) is 5.78. The Morgan fingerprint density at radius 2 is 2.00 bits per heavy atom. The molecule has 2 amide bonds. The van der Waals surface area contributed by atoms with Crippen molar-refractivity contribution in [3.63, 3.8) is 0 Å². The average molecular weight is 367 g/mol. The summed E-state index contributed by atoms with van der Waals surface area (Å²) >= 11 is 0. The van der Waals surface area contributed by atoms with Crippen molar-refractivity contribution < 1.29 is 14.3 Å². The van der Waals surface area contributed by atoms with E-state index >= 15 is 0 Å². The molecule has 6 nitrogen and oxygen atoms in total. The van der Waals surface area contributed by atoms with Gasteiger partial charge in [-0.3, -0.25) is 9.59 Å². The van der Waals surface area contributed by atoms with Crippen LogP contribution in [0.15, 0.2) is 48.5 Å². The molecule has 142 valence electrons. The molecule has 2 N–H and O–H groups in total. The molecular weight excluding hydrogens is 342 g/mol. The number of anilines is 2. The summed E-state index contributed by atoms with van der Waals surface area (Å²) in [7, 11) is 0. The van der Waals surface area contributed by atoms with Crippen molar-refractivity contribution in [2.45, 2.75) is 26.4 Å². The van der Waals surface area contributed by atoms with Gasteiger partial charge in [0.15, 0.2) is 6.10 Å². The Hall–Kier alpha value is -3.02. The number of benzene rings is 2. The second-order valence-electron chi connectivity index (χ2n) is 6.66. The number of hydrogen-bond donors (Lipinski definition) is 2. The maximum Gasteiger partial charge on any atom is 0.262 e. The average Bonchev–Trinajstić information content (AvgIpc) is 2.66. The molecule has 2 aromatic carbocycles. The van der Waals surface area contributed by atoms with Gasteiger partial charge >= 0.3 is 0 Å². The monoisotopic (exact) mass is 367 g/mol. The summed E-state index contributed by atoms with van der Waals surface area (Å²) in [6.45, 7) is 5.06. The lowest BCUT2D eigenvalue weighted by molar-refractivity contribution is -0.128. The summed E-state index contributed by atoms with van der Waals surface area (Å²) in [5.41, 5.74) is 2.66. The van der Waals surface area contributed by atoms with Crippen LogP contribution in [0.3, 0.4) is 0 Å². The van der Waals surface area contributed by atoms with Crippen LogP contribution in [0.4, 0.5) is 11.4 Å². The smallest absolute Gasteiger partial charge is 0.262 e. The lowest BCUT2D eigenvalue weighted by Crippen LogP contribution is -2.50. The maximum absolute atomic E-state index is 12.6. The van der Waals surface area contributed by atoms with Crippen LogP contribution in [0.5, 0.6) is 5.75 Å². The fraction of sp³-hybridized carbons (Fsp3) is 0.333. The predicted molar refractivity (Wildman–Crippen MR) is 106 cm³/mol. The molecule has 0 aliphatic carbocycles. The molecule has 1 aliphatic heterocycles. The highest BCUT2D eigenvalue weighted by Gasteiger charge is 2.31. The van der Waals surface area contributed by atoms with E-state index in [1.807, 2.05) is 67.3 Å². The van der Waals surface area contributed by atoms with Gasteiger partial charge in [-0.25, -0.2) is 0 Å². The first-order valence-corrected chi connectivity index (χ1v) is 9.21.